The molecule has 16 heavy (non-hydrogen) atoms. The van der Waals surface area contributed by atoms with Crippen molar-refractivity contribution in [3.05, 3.63) is 28.5 Å². The Morgan fingerprint density at radius 1 is 1.50 bits per heavy atom. The molecule has 1 atom stereocenters. The SMILES string of the molecule is CCC(N)Cc1cc(F)c(Cl)cc1OC.Cl. The fourth-order valence-corrected chi connectivity index (χ4v) is 1.50. The number of benzene rings is 1. The average Bonchev–Trinajstić information content (AvgIpc) is 2.22. The Bertz CT molecular complexity index is 347. The zero-order valence-corrected chi connectivity index (χ0v) is 10.9. The van der Waals surface area contributed by atoms with Crippen LogP contribution in [0.2, 0.25) is 5.02 Å². The van der Waals surface area contributed by atoms with E-state index in [1.807, 2.05) is 6.92 Å². The van der Waals surface area contributed by atoms with Crippen molar-refractivity contribution >= 4 is 24.0 Å². The van der Waals surface area contributed by atoms with Gasteiger partial charge in [0.1, 0.15) is 11.6 Å². The summed E-state index contributed by atoms with van der Waals surface area (Å²) in [4.78, 5) is 0. The number of methoxy groups -OCH3 is 1. The maximum Gasteiger partial charge on any atom is 0.142 e. The van der Waals surface area contributed by atoms with Crippen LogP contribution in [0.3, 0.4) is 0 Å². The van der Waals surface area contributed by atoms with Crippen molar-refractivity contribution in [3.8, 4) is 5.75 Å². The lowest BCUT2D eigenvalue weighted by Crippen LogP contribution is -2.21. The average molecular weight is 268 g/mol. The summed E-state index contributed by atoms with van der Waals surface area (Å²) in [5.74, 6) is 0.154. The summed E-state index contributed by atoms with van der Waals surface area (Å²) in [5, 5.41) is 0.0701. The van der Waals surface area contributed by atoms with Gasteiger partial charge in [-0.05, 0) is 24.5 Å². The van der Waals surface area contributed by atoms with E-state index in [-0.39, 0.29) is 23.5 Å². The largest absolute Gasteiger partial charge is 0.496 e. The Hall–Kier alpha value is -0.510. The molecular weight excluding hydrogens is 252 g/mol. The number of hydrogen-bond donors (Lipinski definition) is 1. The van der Waals surface area contributed by atoms with Crippen molar-refractivity contribution in [3.63, 3.8) is 0 Å². The molecule has 2 nitrogen and oxygen atoms in total. The van der Waals surface area contributed by atoms with Gasteiger partial charge in [0.15, 0.2) is 0 Å². The van der Waals surface area contributed by atoms with Crippen LogP contribution in [-0.2, 0) is 6.42 Å². The maximum absolute atomic E-state index is 13.2. The van der Waals surface area contributed by atoms with E-state index < -0.39 is 5.82 Å². The molecule has 0 heterocycles. The van der Waals surface area contributed by atoms with Crippen LogP contribution in [0.5, 0.6) is 5.75 Å². The van der Waals surface area contributed by atoms with Crippen molar-refractivity contribution in [2.75, 3.05) is 7.11 Å². The van der Waals surface area contributed by atoms with Gasteiger partial charge in [0.05, 0.1) is 12.1 Å². The predicted molar refractivity (Wildman–Crippen MR) is 67.2 cm³/mol. The zero-order valence-electron chi connectivity index (χ0n) is 9.30. The predicted octanol–water partition coefficient (Wildman–Crippen LogP) is 3.19. The first-order chi connectivity index (χ1) is 7.08. The highest BCUT2D eigenvalue weighted by molar-refractivity contribution is 6.30. The Kier molecular flexibility index (Phi) is 6.72. The van der Waals surface area contributed by atoms with Gasteiger partial charge in [-0.25, -0.2) is 4.39 Å². The molecule has 0 saturated heterocycles. The van der Waals surface area contributed by atoms with Gasteiger partial charge < -0.3 is 10.5 Å². The molecule has 0 bridgehead atoms. The Morgan fingerprint density at radius 3 is 2.62 bits per heavy atom. The van der Waals surface area contributed by atoms with Gasteiger partial charge in [-0.1, -0.05) is 18.5 Å². The molecule has 1 aromatic carbocycles. The number of hydrogen-bond acceptors (Lipinski definition) is 2. The van der Waals surface area contributed by atoms with Gasteiger partial charge in [-0.2, -0.15) is 0 Å². The molecule has 0 saturated carbocycles. The molecule has 0 aliphatic carbocycles. The molecule has 0 aliphatic rings. The van der Waals surface area contributed by atoms with E-state index >= 15 is 0 Å². The third kappa shape index (κ3) is 3.81. The van der Waals surface area contributed by atoms with E-state index in [2.05, 4.69) is 0 Å². The second-order valence-corrected chi connectivity index (χ2v) is 3.86. The molecule has 5 heteroatoms. The monoisotopic (exact) mass is 267 g/mol. The number of ether oxygens (including phenoxy) is 1. The minimum atomic E-state index is -0.434. The van der Waals surface area contributed by atoms with E-state index in [0.717, 1.165) is 12.0 Å². The molecule has 0 radical (unpaired) electrons. The third-order valence-corrected chi connectivity index (χ3v) is 2.62. The highest BCUT2D eigenvalue weighted by Crippen LogP contribution is 2.27. The van der Waals surface area contributed by atoms with Gasteiger partial charge >= 0.3 is 0 Å². The second-order valence-electron chi connectivity index (χ2n) is 3.45. The van der Waals surface area contributed by atoms with Crippen LogP contribution in [0.25, 0.3) is 0 Å². The lowest BCUT2D eigenvalue weighted by molar-refractivity contribution is 0.406. The van der Waals surface area contributed by atoms with Crippen molar-refractivity contribution in [2.45, 2.75) is 25.8 Å². The van der Waals surface area contributed by atoms with Crippen molar-refractivity contribution in [1.29, 1.82) is 0 Å². The molecule has 2 N–H and O–H groups in total. The van der Waals surface area contributed by atoms with Crippen molar-refractivity contribution < 1.29 is 9.13 Å². The van der Waals surface area contributed by atoms with Crippen LogP contribution in [0.1, 0.15) is 18.9 Å². The van der Waals surface area contributed by atoms with E-state index in [4.69, 9.17) is 22.1 Å². The molecule has 1 rings (SSSR count). The van der Waals surface area contributed by atoms with Crippen LogP contribution >= 0.6 is 24.0 Å². The fourth-order valence-electron chi connectivity index (χ4n) is 1.35. The van der Waals surface area contributed by atoms with Crippen LogP contribution in [0.4, 0.5) is 4.39 Å². The van der Waals surface area contributed by atoms with Crippen molar-refractivity contribution in [2.24, 2.45) is 5.73 Å². The highest BCUT2D eigenvalue weighted by Gasteiger charge is 2.11. The molecule has 0 aliphatic heterocycles. The first-order valence-electron chi connectivity index (χ1n) is 4.86. The summed E-state index contributed by atoms with van der Waals surface area (Å²) in [6.45, 7) is 1.99. The summed E-state index contributed by atoms with van der Waals surface area (Å²) in [6.07, 6.45) is 1.43. The minimum absolute atomic E-state index is 0. The van der Waals surface area contributed by atoms with Crippen LogP contribution in [-0.4, -0.2) is 13.2 Å². The Balaban J connectivity index is 0.00000225. The van der Waals surface area contributed by atoms with Gasteiger partial charge in [-0.3, -0.25) is 0 Å². The van der Waals surface area contributed by atoms with E-state index in [9.17, 15) is 4.39 Å². The van der Waals surface area contributed by atoms with E-state index in [1.54, 1.807) is 0 Å². The standard InChI is InChI=1S/C11H15ClFNO.ClH/c1-3-8(14)4-7-5-10(13)9(12)6-11(7)15-2;/h5-6,8H,3-4,14H2,1-2H3;1H. The number of rotatable bonds is 4. The molecule has 92 valence electrons. The van der Waals surface area contributed by atoms with Gasteiger partial charge in [-0.15, -0.1) is 12.4 Å². The van der Waals surface area contributed by atoms with Crippen LogP contribution in [0.15, 0.2) is 12.1 Å². The smallest absolute Gasteiger partial charge is 0.142 e. The van der Waals surface area contributed by atoms with Crippen LogP contribution < -0.4 is 10.5 Å². The first-order valence-corrected chi connectivity index (χ1v) is 5.23. The first kappa shape index (κ1) is 15.5. The van der Waals surface area contributed by atoms with Gasteiger partial charge in [0.25, 0.3) is 0 Å². The quantitative estimate of drug-likeness (QED) is 0.910. The summed E-state index contributed by atoms with van der Waals surface area (Å²) in [6, 6.07) is 2.88. The minimum Gasteiger partial charge on any atom is -0.496 e. The molecule has 0 aromatic heterocycles. The van der Waals surface area contributed by atoms with Crippen molar-refractivity contribution in [1.82, 2.24) is 0 Å². The van der Waals surface area contributed by atoms with Gasteiger partial charge in [0.2, 0.25) is 0 Å². The summed E-state index contributed by atoms with van der Waals surface area (Å²) in [5.41, 5.74) is 6.56. The second kappa shape index (κ2) is 6.94. The highest BCUT2D eigenvalue weighted by atomic mass is 35.5. The van der Waals surface area contributed by atoms with Crippen LogP contribution in [0, 0.1) is 5.82 Å². The summed E-state index contributed by atoms with van der Waals surface area (Å²) < 4.78 is 18.3. The Labute approximate surface area is 106 Å². The topological polar surface area (TPSA) is 35.2 Å². The third-order valence-electron chi connectivity index (χ3n) is 2.33. The van der Waals surface area contributed by atoms with Gasteiger partial charge in [0, 0.05) is 12.1 Å². The molecule has 0 fully saturated rings. The number of halogens is 3. The lowest BCUT2D eigenvalue weighted by Gasteiger charge is -2.13. The normalized spacial score (nSPS) is 11.8. The molecule has 1 aromatic rings. The lowest BCUT2D eigenvalue weighted by atomic mass is 10.0. The summed E-state index contributed by atoms with van der Waals surface area (Å²) >= 11 is 5.65. The molecule has 0 amide bonds. The summed E-state index contributed by atoms with van der Waals surface area (Å²) in [7, 11) is 1.53. The Morgan fingerprint density at radius 2 is 2.12 bits per heavy atom. The number of nitrogens with two attached hydrogens (primary N) is 1. The fraction of sp³-hybridized carbons (Fsp3) is 0.455. The molecule has 0 spiro atoms. The molecular formula is C11H16Cl2FNO. The zero-order chi connectivity index (χ0) is 11.4. The van der Waals surface area contributed by atoms with E-state index in [1.165, 1.54) is 19.2 Å². The maximum atomic E-state index is 13.2. The van der Waals surface area contributed by atoms with E-state index in [0.29, 0.717) is 12.2 Å². The molecule has 1 unspecified atom stereocenters.